The summed E-state index contributed by atoms with van der Waals surface area (Å²) in [6.45, 7) is 8.09. The van der Waals surface area contributed by atoms with E-state index in [0.717, 1.165) is 19.4 Å². The molecule has 2 nitrogen and oxygen atoms in total. The Morgan fingerprint density at radius 2 is 2.20 bits per heavy atom. The largest absolute Gasteiger partial charge is 0.352 e. The van der Waals surface area contributed by atoms with Crippen LogP contribution in [0.2, 0.25) is 0 Å². The quantitative estimate of drug-likeness (QED) is 0.466. The van der Waals surface area contributed by atoms with E-state index >= 15 is 0 Å². The summed E-state index contributed by atoms with van der Waals surface area (Å²) < 4.78 is 0. The third kappa shape index (κ3) is 4.13. The van der Waals surface area contributed by atoms with Gasteiger partial charge in [0.25, 0.3) is 0 Å². The molecule has 0 spiro atoms. The number of hydrogen-bond donors (Lipinski definition) is 1. The van der Waals surface area contributed by atoms with Crippen molar-refractivity contribution in [1.82, 2.24) is 5.32 Å². The Bertz CT molecular complexity index is 129. The molecule has 0 aromatic rings. The summed E-state index contributed by atoms with van der Waals surface area (Å²) in [4.78, 5) is 10.8. The molecule has 1 N–H and O–H groups in total. The highest BCUT2D eigenvalue weighted by Crippen LogP contribution is 1.87. The van der Waals surface area contributed by atoms with Crippen LogP contribution in [0.1, 0.15) is 26.7 Å². The highest BCUT2D eigenvalue weighted by Gasteiger charge is 1.97. The molecule has 0 saturated heterocycles. The zero-order chi connectivity index (χ0) is 7.98. The number of rotatable bonds is 4. The van der Waals surface area contributed by atoms with Gasteiger partial charge in [0.15, 0.2) is 0 Å². The second-order valence-corrected chi connectivity index (χ2v) is 2.39. The molecule has 0 aliphatic heterocycles. The minimum absolute atomic E-state index is 0.0338. The summed E-state index contributed by atoms with van der Waals surface area (Å²) in [5, 5.41) is 2.74. The fraction of sp³-hybridized carbons (Fsp3) is 0.625. The van der Waals surface area contributed by atoms with Crippen molar-refractivity contribution in [2.75, 3.05) is 6.54 Å². The highest BCUT2D eigenvalue weighted by molar-refractivity contribution is 5.91. The van der Waals surface area contributed by atoms with Gasteiger partial charge in [-0.3, -0.25) is 4.79 Å². The van der Waals surface area contributed by atoms with Crippen LogP contribution in [0.15, 0.2) is 12.2 Å². The SMILES string of the molecule is C=C(C)C(=O)NCCCC. The lowest BCUT2D eigenvalue weighted by molar-refractivity contribution is -0.117. The number of carbonyl (C=O) groups excluding carboxylic acids is 1. The summed E-state index contributed by atoms with van der Waals surface area (Å²) in [6, 6.07) is 0. The molecule has 0 bridgehead atoms. The molecular formula is C8H15NO. The molecule has 0 unspecified atom stereocenters. The lowest BCUT2D eigenvalue weighted by Crippen LogP contribution is -2.24. The molecule has 0 radical (unpaired) electrons. The zero-order valence-electron chi connectivity index (χ0n) is 6.74. The van der Waals surface area contributed by atoms with E-state index < -0.39 is 0 Å². The smallest absolute Gasteiger partial charge is 0.246 e. The Morgan fingerprint density at radius 1 is 1.60 bits per heavy atom. The van der Waals surface area contributed by atoms with Crippen molar-refractivity contribution < 1.29 is 4.79 Å². The van der Waals surface area contributed by atoms with Crippen molar-refractivity contribution in [3.05, 3.63) is 12.2 Å². The van der Waals surface area contributed by atoms with Crippen LogP contribution < -0.4 is 5.32 Å². The van der Waals surface area contributed by atoms with Gasteiger partial charge in [0.1, 0.15) is 0 Å². The first-order chi connectivity index (χ1) is 4.68. The third-order valence-corrected chi connectivity index (χ3v) is 1.20. The van der Waals surface area contributed by atoms with E-state index in [1.165, 1.54) is 0 Å². The molecule has 0 atom stereocenters. The Hall–Kier alpha value is -0.790. The maximum absolute atomic E-state index is 10.8. The summed E-state index contributed by atoms with van der Waals surface area (Å²) in [6.07, 6.45) is 2.15. The van der Waals surface area contributed by atoms with Crippen LogP contribution in [0.4, 0.5) is 0 Å². The Balaban J connectivity index is 3.31. The van der Waals surface area contributed by atoms with Crippen molar-refractivity contribution in [2.24, 2.45) is 0 Å². The Kier molecular flexibility index (Phi) is 4.63. The van der Waals surface area contributed by atoms with Crippen LogP contribution in [0.3, 0.4) is 0 Å². The van der Waals surface area contributed by atoms with Gasteiger partial charge in [0.05, 0.1) is 0 Å². The summed E-state index contributed by atoms with van der Waals surface area (Å²) in [5.74, 6) is -0.0338. The number of unbranched alkanes of at least 4 members (excludes halogenated alkanes) is 1. The van der Waals surface area contributed by atoms with Crippen molar-refractivity contribution in [2.45, 2.75) is 26.7 Å². The molecule has 10 heavy (non-hydrogen) atoms. The van der Waals surface area contributed by atoms with Crippen LogP contribution in [0.5, 0.6) is 0 Å². The van der Waals surface area contributed by atoms with Gasteiger partial charge in [-0.05, 0) is 13.3 Å². The number of carbonyl (C=O) groups is 1. The van der Waals surface area contributed by atoms with Crippen LogP contribution in [-0.2, 0) is 4.79 Å². The Labute approximate surface area is 62.3 Å². The van der Waals surface area contributed by atoms with Gasteiger partial charge in [-0.15, -0.1) is 0 Å². The average Bonchev–Trinajstić information content (AvgIpc) is 1.88. The Morgan fingerprint density at radius 3 is 2.60 bits per heavy atom. The van der Waals surface area contributed by atoms with Crippen molar-refractivity contribution >= 4 is 5.91 Å². The van der Waals surface area contributed by atoms with E-state index in [1.54, 1.807) is 6.92 Å². The summed E-state index contributed by atoms with van der Waals surface area (Å²) in [5.41, 5.74) is 0.580. The average molecular weight is 141 g/mol. The van der Waals surface area contributed by atoms with Crippen molar-refractivity contribution in [3.8, 4) is 0 Å². The first kappa shape index (κ1) is 9.21. The topological polar surface area (TPSA) is 29.1 Å². The minimum Gasteiger partial charge on any atom is -0.352 e. The molecule has 0 rings (SSSR count). The lowest BCUT2D eigenvalue weighted by atomic mass is 10.3. The predicted molar refractivity (Wildman–Crippen MR) is 42.7 cm³/mol. The molecule has 2 heteroatoms. The predicted octanol–water partition coefficient (Wildman–Crippen LogP) is 1.48. The second-order valence-electron chi connectivity index (χ2n) is 2.39. The first-order valence-electron chi connectivity index (χ1n) is 3.62. The van der Waals surface area contributed by atoms with E-state index in [4.69, 9.17) is 0 Å². The standard InChI is InChI=1S/C8H15NO/c1-4-5-6-9-8(10)7(2)3/h2,4-6H2,1,3H3,(H,9,10). The monoisotopic (exact) mass is 141 g/mol. The molecule has 0 aromatic heterocycles. The van der Waals surface area contributed by atoms with Crippen molar-refractivity contribution in [1.29, 1.82) is 0 Å². The summed E-state index contributed by atoms with van der Waals surface area (Å²) >= 11 is 0. The fourth-order valence-corrected chi connectivity index (χ4v) is 0.530. The maximum atomic E-state index is 10.8. The van der Waals surface area contributed by atoms with E-state index in [2.05, 4.69) is 18.8 Å². The zero-order valence-corrected chi connectivity index (χ0v) is 6.74. The van der Waals surface area contributed by atoms with Crippen LogP contribution in [0.25, 0.3) is 0 Å². The van der Waals surface area contributed by atoms with Crippen molar-refractivity contribution in [3.63, 3.8) is 0 Å². The maximum Gasteiger partial charge on any atom is 0.246 e. The molecule has 58 valence electrons. The van der Waals surface area contributed by atoms with E-state index in [9.17, 15) is 4.79 Å². The van der Waals surface area contributed by atoms with Gasteiger partial charge in [0, 0.05) is 12.1 Å². The van der Waals surface area contributed by atoms with Gasteiger partial charge in [-0.1, -0.05) is 19.9 Å². The van der Waals surface area contributed by atoms with Gasteiger partial charge < -0.3 is 5.32 Å². The molecule has 0 saturated carbocycles. The molecule has 0 aliphatic rings. The van der Waals surface area contributed by atoms with E-state index in [1.807, 2.05) is 0 Å². The van der Waals surface area contributed by atoms with Gasteiger partial charge in [-0.25, -0.2) is 0 Å². The number of hydrogen-bond acceptors (Lipinski definition) is 1. The number of amides is 1. The van der Waals surface area contributed by atoms with Gasteiger partial charge in [0.2, 0.25) is 5.91 Å². The van der Waals surface area contributed by atoms with Crippen LogP contribution >= 0.6 is 0 Å². The molecule has 0 aromatic carbocycles. The van der Waals surface area contributed by atoms with E-state index in [0.29, 0.717) is 5.57 Å². The van der Waals surface area contributed by atoms with Crippen LogP contribution in [-0.4, -0.2) is 12.5 Å². The minimum atomic E-state index is -0.0338. The second kappa shape index (κ2) is 5.03. The molecule has 0 heterocycles. The normalized spacial score (nSPS) is 9.00. The first-order valence-corrected chi connectivity index (χ1v) is 3.62. The highest BCUT2D eigenvalue weighted by atomic mass is 16.1. The molecular weight excluding hydrogens is 126 g/mol. The van der Waals surface area contributed by atoms with Crippen LogP contribution in [0, 0.1) is 0 Å². The lowest BCUT2D eigenvalue weighted by Gasteiger charge is -2.01. The third-order valence-electron chi connectivity index (χ3n) is 1.20. The number of nitrogens with one attached hydrogen (secondary N) is 1. The van der Waals surface area contributed by atoms with E-state index in [-0.39, 0.29) is 5.91 Å². The summed E-state index contributed by atoms with van der Waals surface area (Å²) in [7, 11) is 0. The molecule has 0 fully saturated rings. The molecule has 1 amide bonds. The molecule has 0 aliphatic carbocycles. The van der Waals surface area contributed by atoms with Gasteiger partial charge >= 0.3 is 0 Å². The van der Waals surface area contributed by atoms with Gasteiger partial charge in [-0.2, -0.15) is 0 Å². The fourth-order valence-electron chi connectivity index (χ4n) is 0.530.